The van der Waals surface area contributed by atoms with Crippen molar-refractivity contribution in [1.82, 2.24) is 4.72 Å². The highest BCUT2D eigenvalue weighted by Crippen LogP contribution is 2.07. The van der Waals surface area contributed by atoms with Crippen molar-refractivity contribution in [2.45, 2.75) is 6.42 Å². The predicted molar refractivity (Wildman–Crippen MR) is 82.5 cm³/mol. The maximum atomic E-state index is 13.4. The zero-order valence-corrected chi connectivity index (χ0v) is 12.2. The predicted octanol–water partition coefficient (Wildman–Crippen LogP) is 2.96. The van der Waals surface area contributed by atoms with Crippen LogP contribution in [0.2, 0.25) is 0 Å². The summed E-state index contributed by atoms with van der Waals surface area (Å²) in [6.45, 7) is 0.155. The van der Waals surface area contributed by atoms with E-state index in [-0.39, 0.29) is 12.4 Å². The van der Waals surface area contributed by atoms with Gasteiger partial charge in [0.15, 0.2) is 0 Å². The van der Waals surface area contributed by atoms with Gasteiger partial charge in [-0.15, -0.1) is 0 Å². The molecular weight excluding hydrogens is 289 g/mol. The van der Waals surface area contributed by atoms with E-state index in [1.165, 1.54) is 12.1 Å². The first-order valence-electron chi connectivity index (χ1n) is 6.53. The Balaban J connectivity index is 1.90. The van der Waals surface area contributed by atoms with Crippen LogP contribution >= 0.6 is 0 Å². The van der Waals surface area contributed by atoms with Crippen molar-refractivity contribution in [1.29, 1.82) is 0 Å². The molecular formula is C16H16FNO2S. The molecule has 0 bridgehead atoms. The first kappa shape index (κ1) is 15.4. The van der Waals surface area contributed by atoms with E-state index < -0.39 is 10.0 Å². The molecule has 0 atom stereocenters. The van der Waals surface area contributed by atoms with Crippen molar-refractivity contribution < 1.29 is 12.8 Å². The van der Waals surface area contributed by atoms with Crippen LogP contribution in [0, 0.1) is 5.82 Å². The average Bonchev–Trinajstić information content (AvgIpc) is 2.48. The van der Waals surface area contributed by atoms with Crippen molar-refractivity contribution in [3.05, 3.63) is 76.9 Å². The van der Waals surface area contributed by atoms with Gasteiger partial charge in [0, 0.05) is 12.0 Å². The quantitative estimate of drug-likeness (QED) is 0.892. The third-order valence-corrected chi connectivity index (χ3v) is 4.00. The van der Waals surface area contributed by atoms with Crippen LogP contribution in [0.4, 0.5) is 4.39 Å². The third-order valence-electron chi connectivity index (χ3n) is 2.89. The molecule has 0 aromatic heterocycles. The second kappa shape index (κ2) is 7.15. The minimum Gasteiger partial charge on any atom is -0.211 e. The number of rotatable bonds is 6. The van der Waals surface area contributed by atoms with Crippen LogP contribution in [0.3, 0.4) is 0 Å². The Kier molecular flexibility index (Phi) is 5.25. The number of nitrogens with one attached hydrogen (secondary N) is 1. The minimum absolute atomic E-state index is 0.155. The Bertz CT molecular complexity index is 712. The maximum Gasteiger partial charge on any atom is 0.233 e. The lowest BCUT2D eigenvalue weighted by atomic mass is 10.1. The molecule has 2 aromatic rings. The molecule has 0 aliphatic carbocycles. The van der Waals surface area contributed by atoms with E-state index in [2.05, 4.69) is 4.72 Å². The van der Waals surface area contributed by atoms with Gasteiger partial charge in [-0.25, -0.2) is 17.5 Å². The van der Waals surface area contributed by atoms with Crippen LogP contribution in [0.25, 0.3) is 6.08 Å². The molecule has 21 heavy (non-hydrogen) atoms. The lowest BCUT2D eigenvalue weighted by Gasteiger charge is -2.04. The zero-order chi connectivity index (χ0) is 15.1. The van der Waals surface area contributed by atoms with Crippen molar-refractivity contribution >= 4 is 16.1 Å². The molecule has 0 aliphatic heterocycles. The summed E-state index contributed by atoms with van der Waals surface area (Å²) >= 11 is 0. The van der Waals surface area contributed by atoms with Gasteiger partial charge >= 0.3 is 0 Å². The molecule has 2 rings (SSSR count). The fraction of sp³-hybridized carbons (Fsp3) is 0.125. The summed E-state index contributed by atoms with van der Waals surface area (Å²) in [5, 5.41) is 1.11. The summed E-state index contributed by atoms with van der Waals surface area (Å²) in [4.78, 5) is 0. The van der Waals surface area contributed by atoms with Crippen molar-refractivity contribution in [3.8, 4) is 0 Å². The van der Waals surface area contributed by atoms with Crippen LogP contribution in [-0.2, 0) is 16.4 Å². The fourth-order valence-electron chi connectivity index (χ4n) is 1.81. The molecule has 0 radical (unpaired) electrons. The smallest absolute Gasteiger partial charge is 0.211 e. The van der Waals surface area contributed by atoms with Crippen LogP contribution in [-0.4, -0.2) is 15.0 Å². The van der Waals surface area contributed by atoms with Gasteiger partial charge < -0.3 is 0 Å². The molecule has 5 heteroatoms. The number of hydrogen-bond donors (Lipinski definition) is 1. The molecule has 0 spiro atoms. The van der Waals surface area contributed by atoms with Crippen molar-refractivity contribution in [2.24, 2.45) is 0 Å². The zero-order valence-electron chi connectivity index (χ0n) is 11.4. The molecule has 110 valence electrons. The average molecular weight is 305 g/mol. The fourth-order valence-corrected chi connectivity index (χ4v) is 2.63. The second-order valence-electron chi connectivity index (χ2n) is 4.49. The molecule has 0 fully saturated rings. The Hall–Kier alpha value is -1.98. The SMILES string of the molecule is O=S(=O)(/C=C/c1ccccc1)NCCc1ccccc1F. The Labute approximate surface area is 124 Å². The normalized spacial score (nSPS) is 11.9. The minimum atomic E-state index is -3.52. The van der Waals surface area contributed by atoms with E-state index in [0.717, 1.165) is 11.0 Å². The summed E-state index contributed by atoms with van der Waals surface area (Å²) in [5.74, 6) is -0.323. The molecule has 0 amide bonds. The van der Waals surface area contributed by atoms with Gasteiger partial charge in [-0.1, -0.05) is 48.5 Å². The molecule has 3 nitrogen and oxygen atoms in total. The lowest BCUT2D eigenvalue weighted by molar-refractivity contribution is 0.585. The van der Waals surface area contributed by atoms with Crippen LogP contribution in [0.15, 0.2) is 60.0 Å². The van der Waals surface area contributed by atoms with Gasteiger partial charge in [-0.05, 0) is 29.7 Å². The summed E-state index contributed by atoms with van der Waals surface area (Å²) < 4.78 is 39.4. The monoisotopic (exact) mass is 305 g/mol. The number of halogens is 1. The molecule has 0 unspecified atom stereocenters. The molecule has 2 aromatic carbocycles. The highest BCUT2D eigenvalue weighted by Gasteiger charge is 2.06. The lowest BCUT2D eigenvalue weighted by Crippen LogP contribution is -2.23. The van der Waals surface area contributed by atoms with Gasteiger partial charge in [0.05, 0.1) is 0 Å². The maximum absolute atomic E-state index is 13.4. The Morgan fingerprint density at radius 2 is 1.67 bits per heavy atom. The topological polar surface area (TPSA) is 46.2 Å². The highest BCUT2D eigenvalue weighted by atomic mass is 32.2. The van der Waals surface area contributed by atoms with Gasteiger partial charge in [0.2, 0.25) is 10.0 Å². The number of benzene rings is 2. The Morgan fingerprint density at radius 1 is 1.00 bits per heavy atom. The molecule has 0 saturated heterocycles. The molecule has 1 N–H and O–H groups in total. The summed E-state index contributed by atoms with van der Waals surface area (Å²) in [6.07, 6.45) is 1.83. The Morgan fingerprint density at radius 3 is 2.38 bits per heavy atom. The standard InChI is InChI=1S/C16H16FNO2S/c17-16-9-5-4-8-15(16)10-12-18-21(19,20)13-11-14-6-2-1-3-7-14/h1-9,11,13,18H,10,12H2/b13-11+. The third kappa shape index (κ3) is 5.13. The number of hydrogen-bond acceptors (Lipinski definition) is 2. The van der Waals surface area contributed by atoms with E-state index in [0.29, 0.717) is 12.0 Å². The second-order valence-corrected chi connectivity index (χ2v) is 6.15. The summed E-state index contributed by atoms with van der Waals surface area (Å²) in [7, 11) is -3.52. The van der Waals surface area contributed by atoms with Crippen molar-refractivity contribution in [2.75, 3.05) is 6.54 Å². The first-order valence-corrected chi connectivity index (χ1v) is 8.08. The molecule has 0 aliphatic rings. The van der Waals surface area contributed by atoms with Gasteiger partial charge in [0.1, 0.15) is 5.82 Å². The summed E-state index contributed by atoms with van der Waals surface area (Å²) in [6, 6.07) is 15.5. The van der Waals surface area contributed by atoms with Gasteiger partial charge in [-0.3, -0.25) is 0 Å². The van der Waals surface area contributed by atoms with Crippen LogP contribution in [0.1, 0.15) is 11.1 Å². The molecule has 0 saturated carbocycles. The van der Waals surface area contributed by atoms with Crippen molar-refractivity contribution in [3.63, 3.8) is 0 Å². The summed E-state index contributed by atoms with van der Waals surface area (Å²) in [5.41, 5.74) is 1.30. The van der Waals surface area contributed by atoms with E-state index in [9.17, 15) is 12.8 Å². The largest absolute Gasteiger partial charge is 0.233 e. The highest BCUT2D eigenvalue weighted by molar-refractivity contribution is 7.92. The van der Waals surface area contributed by atoms with Gasteiger partial charge in [-0.2, -0.15) is 0 Å². The van der Waals surface area contributed by atoms with E-state index in [4.69, 9.17) is 0 Å². The first-order chi connectivity index (χ1) is 10.1. The van der Waals surface area contributed by atoms with Crippen LogP contribution in [0.5, 0.6) is 0 Å². The van der Waals surface area contributed by atoms with Gasteiger partial charge in [0.25, 0.3) is 0 Å². The molecule has 0 heterocycles. The van der Waals surface area contributed by atoms with E-state index in [1.54, 1.807) is 18.2 Å². The van der Waals surface area contributed by atoms with Crippen LogP contribution < -0.4 is 4.72 Å². The van der Waals surface area contributed by atoms with E-state index >= 15 is 0 Å². The number of sulfonamides is 1. The van der Waals surface area contributed by atoms with E-state index in [1.807, 2.05) is 30.3 Å².